The normalized spacial score (nSPS) is 11.1. The highest BCUT2D eigenvalue weighted by Gasteiger charge is 2.16. The molecule has 20 heavy (non-hydrogen) atoms. The van der Waals surface area contributed by atoms with E-state index in [1.807, 2.05) is 6.07 Å². The molecule has 0 aliphatic rings. The standard InChI is InChI=1S/C15H24N2O3/c1-4-13(5-2)17(9-10-18)11-12-7-6-8-14(16-12)15(19)20-3/h6-8,13,18H,4-5,9-11H2,1-3H3. The minimum atomic E-state index is -0.428. The number of carbonyl (C=O) groups is 1. The summed E-state index contributed by atoms with van der Waals surface area (Å²) in [4.78, 5) is 18.0. The summed E-state index contributed by atoms with van der Waals surface area (Å²) in [7, 11) is 1.35. The average Bonchev–Trinajstić information content (AvgIpc) is 2.48. The van der Waals surface area contributed by atoms with E-state index in [9.17, 15) is 9.90 Å². The molecule has 0 unspecified atom stereocenters. The number of rotatable bonds is 8. The van der Waals surface area contributed by atoms with Crippen LogP contribution >= 0.6 is 0 Å². The molecule has 1 aromatic heterocycles. The smallest absolute Gasteiger partial charge is 0.356 e. The summed E-state index contributed by atoms with van der Waals surface area (Å²) in [6.45, 7) is 5.62. The van der Waals surface area contributed by atoms with Gasteiger partial charge in [-0.2, -0.15) is 0 Å². The van der Waals surface area contributed by atoms with E-state index in [0.29, 0.717) is 24.8 Å². The van der Waals surface area contributed by atoms with Gasteiger partial charge in [0.15, 0.2) is 0 Å². The molecule has 0 saturated heterocycles. The van der Waals surface area contributed by atoms with Crippen molar-refractivity contribution >= 4 is 5.97 Å². The molecule has 0 amide bonds. The number of pyridine rings is 1. The number of esters is 1. The highest BCUT2D eigenvalue weighted by molar-refractivity contribution is 5.87. The Kier molecular flexibility index (Phi) is 7.18. The second-order valence-electron chi connectivity index (χ2n) is 4.67. The minimum Gasteiger partial charge on any atom is -0.464 e. The average molecular weight is 280 g/mol. The number of ether oxygens (including phenoxy) is 1. The zero-order chi connectivity index (χ0) is 15.0. The van der Waals surface area contributed by atoms with Crippen LogP contribution in [0.5, 0.6) is 0 Å². The molecular formula is C15H24N2O3. The summed E-state index contributed by atoms with van der Waals surface area (Å²) >= 11 is 0. The van der Waals surface area contributed by atoms with E-state index in [1.54, 1.807) is 12.1 Å². The van der Waals surface area contributed by atoms with Crippen molar-refractivity contribution in [3.05, 3.63) is 29.6 Å². The van der Waals surface area contributed by atoms with Crippen LogP contribution in [0.1, 0.15) is 42.9 Å². The lowest BCUT2D eigenvalue weighted by molar-refractivity contribution is 0.0593. The van der Waals surface area contributed by atoms with Crippen molar-refractivity contribution in [1.82, 2.24) is 9.88 Å². The third-order valence-corrected chi connectivity index (χ3v) is 3.41. The van der Waals surface area contributed by atoms with E-state index in [-0.39, 0.29) is 6.61 Å². The van der Waals surface area contributed by atoms with Crippen molar-refractivity contribution in [1.29, 1.82) is 0 Å². The largest absolute Gasteiger partial charge is 0.464 e. The topological polar surface area (TPSA) is 62.7 Å². The number of carbonyl (C=O) groups excluding carboxylic acids is 1. The van der Waals surface area contributed by atoms with Gasteiger partial charge in [0, 0.05) is 19.1 Å². The first-order chi connectivity index (χ1) is 9.65. The van der Waals surface area contributed by atoms with E-state index in [0.717, 1.165) is 18.5 Å². The van der Waals surface area contributed by atoms with Crippen molar-refractivity contribution in [2.75, 3.05) is 20.3 Å². The van der Waals surface area contributed by atoms with Gasteiger partial charge in [-0.25, -0.2) is 9.78 Å². The fourth-order valence-corrected chi connectivity index (χ4v) is 2.32. The summed E-state index contributed by atoms with van der Waals surface area (Å²) in [5.41, 5.74) is 1.13. The molecule has 1 N–H and O–H groups in total. The Morgan fingerprint density at radius 1 is 1.40 bits per heavy atom. The molecule has 0 radical (unpaired) electrons. The van der Waals surface area contributed by atoms with Crippen LogP contribution in [0, 0.1) is 0 Å². The number of aliphatic hydroxyl groups is 1. The maximum atomic E-state index is 11.5. The van der Waals surface area contributed by atoms with Crippen molar-refractivity contribution in [3.63, 3.8) is 0 Å². The Hall–Kier alpha value is -1.46. The quantitative estimate of drug-likeness (QED) is 0.736. The molecule has 0 spiro atoms. The molecular weight excluding hydrogens is 256 g/mol. The highest BCUT2D eigenvalue weighted by atomic mass is 16.5. The van der Waals surface area contributed by atoms with Crippen LogP contribution in [-0.2, 0) is 11.3 Å². The number of aromatic nitrogens is 1. The minimum absolute atomic E-state index is 0.118. The Bertz CT molecular complexity index is 419. The van der Waals surface area contributed by atoms with E-state index in [4.69, 9.17) is 0 Å². The van der Waals surface area contributed by atoms with E-state index in [2.05, 4.69) is 28.5 Å². The fraction of sp³-hybridized carbons (Fsp3) is 0.600. The van der Waals surface area contributed by atoms with Gasteiger partial charge in [-0.3, -0.25) is 4.90 Å². The maximum Gasteiger partial charge on any atom is 0.356 e. The lowest BCUT2D eigenvalue weighted by atomic mass is 10.1. The number of nitrogens with zero attached hydrogens (tertiary/aromatic N) is 2. The van der Waals surface area contributed by atoms with Gasteiger partial charge in [-0.1, -0.05) is 19.9 Å². The van der Waals surface area contributed by atoms with Gasteiger partial charge >= 0.3 is 5.97 Å². The molecule has 0 aliphatic carbocycles. The number of aliphatic hydroxyl groups excluding tert-OH is 1. The predicted octanol–water partition coefficient (Wildman–Crippen LogP) is 1.85. The van der Waals surface area contributed by atoms with Gasteiger partial charge in [0.2, 0.25) is 0 Å². The second kappa shape index (κ2) is 8.66. The van der Waals surface area contributed by atoms with Crippen LogP contribution in [0.4, 0.5) is 0 Å². The van der Waals surface area contributed by atoms with Gasteiger partial charge in [-0.05, 0) is 25.0 Å². The van der Waals surface area contributed by atoms with Crippen LogP contribution in [0.15, 0.2) is 18.2 Å². The number of hydrogen-bond donors (Lipinski definition) is 1. The summed E-state index contributed by atoms with van der Waals surface area (Å²) in [5.74, 6) is -0.428. The van der Waals surface area contributed by atoms with Gasteiger partial charge < -0.3 is 9.84 Å². The van der Waals surface area contributed by atoms with Crippen molar-refractivity contribution in [3.8, 4) is 0 Å². The molecule has 0 aromatic carbocycles. The zero-order valence-electron chi connectivity index (χ0n) is 12.5. The van der Waals surface area contributed by atoms with Gasteiger partial charge in [-0.15, -0.1) is 0 Å². The molecule has 0 atom stereocenters. The molecule has 0 fully saturated rings. The molecule has 5 nitrogen and oxygen atoms in total. The third kappa shape index (κ3) is 4.58. The van der Waals surface area contributed by atoms with Crippen molar-refractivity contribution < 1.29 is 14.6 Å². The molecule has 0 aliphatic heterocycles. The molecule has 5 heteroatoms. The first-order valence-corrected chi connectivity index (χ1v) is 7.05. The van der Waals surface area contributed by atoms with Gasteiger partial charge in [0.05, 0.1) is 19.4 Å². The van der Waals surface area contributed by atoms with Crippen LogP contribution in [0.2, 0.25) is 0 Å². The molecule has 0 saturated carbocycles. The Morgan fingerprint density at radius 2 is 2.10 bits per heavy atom. The van der Waals surface area contributed by atoms with Crippen LogP contribution in [0.3, 0.4) is 0 Å². The fourth-order valence-electron chi connectivity index (χ4n) is 2.32. The first kappa shape index (κ1) is 16.6. The van der Waals surface area contributed by atoms with Crippen LogP contribution < -0.4 is 0 Å². The predicted molar refractivity (Wildman–Crippen MR) is 77.4 cm³/mol. The molecule has 112 valence electrons. The Balaban J connectivity index is 2.85. The lowest BCUT2D eigenvalue weighted by Gasteiger charge is -2.29. The summed E-state index contributed by atoms with van der Waals surface area (Å²) in [5, 5.41) is 9.20. The zero-order valence-corrected chi connectivity index (χ0v) is 12.5. The van der Waals surface area contributed by atoms with E-state index >= 15 is 0 Å². The molecule has 0 bridgehead atoms. The monoisotopic (exact) mass is 280 g/mol. The molecule has 1 rings (SSSR count). The lowest BCUT2D eigenvalue weighted by Crippen LogP contribution is -2.36. The van der Waals surface area contributed by atoms with Crippen molar-refractivity contribution in [2.45, 2.75) is 39.3 Å². The van der Waals surface area contributed by atoms with E-state index in [1.165, 1.54) is 7.11 Å². The SMILES string of the molecule is CCC(CC)N(CCO)Cc1cccc(C(=O)OC)n1. The van der Waals surface area contributed by atoms with Gasteiger partial charge in [0.25, 0.3) is 0 Å². The summed E-state index contributed by atoms with van der Waals surface area (Å²) < 4.78 is 4.68. The van der Waals surface area contributed by atoms with Crippen LogP contribution in [-0.4, -0.2) is 47.3 Å². The second-order valence-corrected chi connectivity index (χ2v) is 4.67. The Morgan fingerprint density at radius 3 is 2.65 bits per heavy atom. The maximum absolute atomic E-state index is 11.5. The Labute approximate surface area is 120 Å². The summed E-state index contributed by atoms with van der Waals surface area (Å²) in [6.07, 6.45) is 2.04. The summed E-state index contributed by atoms with van der Waals surface area (Å²) in [6, 6.07) is 5.74. The van der Waals surface area contributed by atoms with Gasteiger partial charge in [0.1, 0.15) is 5.69 Å². The van der Waals surface area contributed by atoms with E-state index < -0.39 is 5.97 Å². The number of methoxy groups -OCH3 is 1. The molecule has 1 heterocycles. The first-order valence-electron chi connectivity index (χ1n) is 7.05. The molecule has 1 aromatic rings. The number of hydrogen-bond acceptors (Lipinski definition) is 5. The van der Waals surface area contributed by atoms with Crippen molar-refractivity contribution in [2.24, 2.45) is 0 Å². The highest BCUT2D eigenvalue weighted by Crippen LogP contribution is 2.12. The van der Waals surface area contributed by atoms with Crippen LogP contribution in [0.25, 0.3) is 0 Å². The third-order valence-electron chi connectivity index (χ3n) is 3.41.